The molecular formula is C27H48O5. The lowest BCUT2D eigenvalue weighted by atomic mass is 9.72. The highest BCUT2D eigenvalue weighted by molar-refractivity contribution is 5.83. The minimum absolute atomic E-state index is 0.0226. The standard InChI is InChI=1S/C27H48O5/c1-17(15-26(4,5)6)10-12-30-24(28)20-14-21-23(32-21)19(3)22(20)25(29)31-13-11-18(2)16-27(7,8)9/h17-23H,10-16H2,1-9H3. The largest absolute Gasteiger partial charge is 0.465 e. The molecule has 0 N–H and O–H groups in total. The maximum atomic E-state index is 13.0. The van der Waals surface area contributed by atoms with E-state index in [-0.39, 0.29) is 40.9 Å². The Morgan fingerprint density at radius 2 is 1.34 bits per heavy atom. The SMILES string of the molecule is CC(CCOC(=O)C1CC2OC2C(C)C1C(=O)OCCC(C)CC(C)(C)C)CC(C)(C)C. The second kappa shape index (κ2) is 10.9. The third-order valence-electron chi connectivity index (χ3n) is 6.83. The van der Waals surface area contributed by atoms with Crippen LogP contribution in [0.1, 0.15) is 94.4 Å². The Balaban J connectivity index is 1.87. The quantitative estimate of drug-likeness (QED) is 0.299. The summed E-state index contributed by atoms with van der Waals surface area (Å²) in [5.74, 6) is -0.527. The van der Waals surface area contributed by atoms with Gasteiger partial charge in [-0.25, -0.2) is 0 Å². The molecule has 7 unspecified atom stereocenters. The van der Waals surface area contributed by atoms with Gasteiger partial charge in [0.05, 0.1) is 37.3 Å². The van der Waals surface area contributed by atoms with Crippen molar-refractivity contribution in [1.29, 1.82) is 0 Å². The van der Waals surface area contributed by atoms with Gasteiger partial charge in [0.2, 0.25) is 0 Å². The van der Waals surface area contributed by atoms with E-state index in [0.29, 0.717) is 31.5 Å². The van der Waals surface area contributed by atoms with Crippen LogP contribution < -0.4 is 0 Å². The van der Waals surface area contributed by atoms with Gasteiger partial charge in [0.25, 0.3) is 0 Å². The molecule has 5 heteroatoms. The van der Waals surface area contributed by atoms with E-state index in [2.05, 4.69) is 55.4 Å². The maximum Gasteiger partial charge on any atom is 0.310 e. The lowest BCUT2D eigenvalue weighted by molar-refractivity contribution is -0.165. The van der Waals surface area contributed by atoms with Crippen molar-refractivity contribution in [3.05, 3.63) is 0 Å². The molecule has 1 heterocycles. The van der Waals surface area contributed by atoms with Crippen molar-refractivity contribution in [2.75, 3.05) is 13.2 Å². The molecule has 0 radical (unpaired) electrons. The molecule has 1 saturated heterocycles. The Bertz CT molecular complexity index is 629. The van der Waals surface area contributed by atoms with Gasteiger partial charge in [-0.2, -0.15) is 0 Å². The Kier molecular flexibility index (Phi) is 9.23. The molecule has 1 aliphatic heterocycles. The van der Waals surface area contributed by atoms with Crippen molar-refractivity contribution in [2.45, 2.75) is 107 Å². The second-order valence-electron chi connectivity index (χ2n) is 13.0. The molecule has 2 fully saturated rings. The molecule has 2 rings (SSSR count). The molecule has 1 saturated carbocycles. The number of carbonyl (C=O) groups is 2. The molecular weight excluding hydrogens is 404 g/mol. The van der Waals surface area contributed by atoms with E-state index in [0.717, 1.165) is 25.7 Å². The van der Waals surface area contributed by atoms with Crippen molar-refractivity contribution in [3.63, 3.8) is 0 Å². The summed E-state index contributed by atoms with van der Waals surface area (Å²) < 4.78 is 17.1. The normalized spacial score (nSPS) is 29.6. The number of rotatable bonds is 10. The number of hydrogen-bond acceptors (Lipinski definition) is 5. The van der Waals surface area contributed by atoms with Crippen LogP contribution in [0.15, 0.2) is 0 Å². The molecule has 0 aromatic carbocycles. The van der Waals surface area contributed by atoms with Gasteiger partial charge in [-0.3, -0.25) is 9.59 Å². The van der Waals surface area contributed by atoms with Crippen LogP contribution in [-0.4, -0.2) is 37.4 Å². The van der Waals surface area contributed by atoms with Crippen LogP contribution in [0.25, 0.3) is 0 Å². The molecule has 0 aromatic heterocycles. The molecule has 0 spiro atoms. The molecule has 2 aliphatic rings. The van der Waals surface area contributed by atoms with Gasteiger partial charge in [-0.15, -0.1) is 0 Å². The van der Waals surface area contributed by atoms with Crippen molar-refractivity contribution < 1.29 is 23.8 Å². The predicted octanol–water partition coefficient (Wildman–Crippen LogP) is 6.04. The van der Waals surface area contributed by atoms with Gasteiger partial charge < -0.3 is 14.2 Å². The van der Waals surface area contributed by atoms with Crippen LogP contribution in [0.4, 0.5) is 0 Å². The summed E-state index contributed by atoms with van der Waals surface area (Å²) in [5.41, 5.74) is 0.526. The highest BCUT2D eigenvalue weighted by Crippen LogP contribution is 2.47. The first-order valence-electron chi connectivity index (χ1n) is 12.7. The monoisotopic (exact) mass is 452 g/mol. The fourth-order valence-electron chi connectivity index (χ4n) is 5.62. The number of esters is 2. The fraction of sp³-hybridized carbons (Fsp3) is 0.926. The highest BCUT2D eigenvalue weighted by Gasteiger charge is 2.58. The second-order valence-corrected chi connectivity index (χ2v) is 13.0. The third kappa shape index (κ3) is 8.68. The number of ether oxygens (including phenoxy) is 3. The molecule has 186 valence electrons. The molecule has 7 atom stereocenters. The zero-order chi connectivity index (χ0) is 24.3. The van der Waals surface area contributed by atoms with Gasteiger partial charge in [0, 0.05) is 0 Å². The molecule has 0 aromatic rings. The van der Waals surface area contributed by atoms with Gasteiger partial charge in [-0.1, -0.05) is 62.3 Å². The van der Waals surface area contributed by atoms with Crippen LogP contribution >= 0.6 is 0 Å². The van der Waals surface area contributed by atoms with Crippen LogP contribution in [0.2, 0.25) is 0 Å². The van der Waals surface area contributed by atoms with Crippen molar-refractivity contribution in [2.24, 2.45) is 40.4 Å². The topological polar surface area (TPSA) is 65.1 Å². The van der Waals surface area contributed by atoms with E-state index in [1.807, 2.05) is 6.92 Å². The molecule has 0 bridgehead atoms. The van der Waals surface area contributed by atoms with E-state index in [1.54, 1.807) is 0 Å². The molecule has 0 amide bonds. The van der Waals surface area contributed by atoms with Crippen LogP contribution in [-0.2, 0) is 23.8 Å². The Morgan fingerprint density at radius 3 is 1.81 bits per heavy atom. The van der Waals surface area contributed by atoms with Crippen molar-refractivity contribution in [3.8, 4) is 0 Å². The number of carbonyl (C=O) groups excluding carboxylic acids is 2. The number of fused-ring (bicyclic) bond motifs is 1. The number of hydrogen-bond donors (Lipinski definition) is 0. The van der Waals surface area contributed by atoms with Crippen molar-refractivity contribution in [1.82, 2.24) is 0 Å². The van der Waals surface area contributed by atoms with Crippen LogP contribution in [0, 0.1) is 40.4 Å². The molecule has 32 heavy (non-hydrogen) atoms. The lowest BCUT2D eigenvalue weighted by Crippen LogP contribution is -2.43. The van der Waals surface area contributed by atoms with Gasteiger partial charge >= 0.3 is 11.9 Å². The minimum atomic E-state index is -0.476. The first kappa shape index (κ1) is 27.1. The Labute approximate surface area is 196 Å². The van der Waals surface area contributed by atoms with Crippen LogP contribution in [0.3, 0.4) is 0 Å². The molecule has 1 aliphatic carbocycles. The zero-order valence-corrected chi connectivity index (χ0v) is 22.0. The first-order chi connectivity index (χ1) is 14.7. The summed E-state index contributed by atoms with van der Waals surface area (Å²) >= 11 is 0. The predicted molar refractivity (Wildman–Crippen MR) is 127 cm³/mol. The lowest BCUT2D eigenvalue weighted by Gasteiger charge is -2.31. The summed E-state index contributed by atoms with van der Waals surface area (Å²) in [5, 5.41) is 0. The summed E-state index contributed by atoms with van der Waals surface area (Å²) in [6, 6.07) is 0. The summed E-state index contributed by atoms with van der Waals surface area (Å²) in [6.45, 7) is 20.6. The van der Waals surface area contributed by atoms with Gasteiger partial charge in [0.1, 0.15) is 0 Å². The first-order valence-corrected chi connectivity index (χ1v) is 12.7. The Hall–Kier alpha value is -1.10. The summed E-state index contributed by atoms with van der Waals surface area (Å²) in [4.78, 5) is 25.9. The Morgan fingerprint density at radius 1 is 0.875 bits per heavy atom. The van der Waals surface area contributed by atoms with E-state index >= 15 is 0 Å². The van der Waals surface area contributed by atoms with Gasteiger partial charge in [-0.05, 0) is 60.7 Å². The van der Waals surface area contributed by atoms with E-state index in [4.69, 9.17) is 14.2 Å². The molecule has 5 nitrogen and oxygen atoms in total. The average Bonchev–Trinajstić information content (AvgIpc) is 3.38. The minimum Gasteiger partial charge on any atom is -0.465 e. The van der Waals surface area contributed by atoms with Crippen LogP contribution in [0.5, 0.6) is 0 Å². The number of epoxide rings is 1. The average molecular weight is 453 g/mol. The zero-order valence-electron chi connectivity index (χ0n) is 22.0. The van der Waals surface area contributed by atoms with Gasteiger partial charge in [0.15, 0.2) is 0 Å². The highest BCUT2D eigenvalue weighted by atomic mass is 16.6. The maximum absolute atomic E-state index is 13.0. The third-order valence-corrected chi connectivity index (χ3v) is 6.83. The van der Waals surface area contributed by atoms with E-state index in [9.17, 15) is 9.59 Å². The summed E-state index contributed by atoms with van der Waals surface area (Å²) in [7, 11) is 0. The fourth-order valence-corrected chi connectivity index (χ4v) is 5.62. The van der Waals surface area contributed by atoms with E-state index in [1.165, 1.54) is 0 Å². The van der Waals surface area contributed by atoms with E-state index < -0.39 is 11.8 Å². The smallest absolute Gasteiger partial charge is 0.310 e. The summed E-state index contributed by atoms with van der Waals surface area (Å²) in [6.07, 6.45) is 4.57. The van der Waals surface area contributed by atoms with Crippen molar-refractivity contribution >= 4 is 11.9 Å².